The van der Waals surface area contributed by atoms with E-state index in [4.69, 9.17) is 4.98 Å². The van der Waals surface area contributed by atoms with E-state index in [0.29, 0.717) is 19.1 Å². The smallest absolute Gasteiger partial charge is 0.237 e. The molecular weight excluding hydrogens is 350 g/mol. The van der Waals surface area contributed by atoms with Gasteiger partial charge in [-0.2, -0.15) is 0 Å². The molecule has 3 aliphatic rings. The molecule has 0 bridgehead atoms. The van der Waals surface area contributed by atoms with Gasteiger partial charge < -0.3 is 4.90 Å². The maximum Gasteiger partial charge on any atom is 0.237 e. The van der Waals surface area contributed by atoms with Gasteiger partial charge in [-0.05, 0) is 37.6 Å². The molecule has 0 spiro atoms. The Morgan fingerprint density at radius 2 is 1.89 bits per heavy atom. The number of benzene rings is 1. The van der Waals surface area contributed by atoms with Crippen LogP contribution in [0.3, 0.4) is 0 Å². The Morgan fingerprint density at radius 3 is 2.61 bits per heavy atom. The van der Waals surface area contributed by atoms with E-state index < -0.39 is 0 Å². The molecule has 1 aromatic heterocycles. The Balaban J connectivity index is 1.23. The number of carbonyl (C=O) groups is 1. The van der Waals surface area contributed by atoms with Gasteiger partial charge in [-0.3, -0.25) is 14.6 Å². The first-order valence-electron chi connectivity index (χ1n) is 10.3. The number of hydrogen-bond donors (Lipinski definition) is 0. The fourth-order valence-electron chi connectivity index (χ4n) is 4.75. The van der Waals surface area contributed by atoms with Gasteiger partial charge in [0, 0.05) is 44.4 Å². The molecule has 1 saturated heterocycles. The largest absolute Gasteiger partial charge is 0.337 e. The lowest BCUT2D eigenvalue weighted by Gasteiger charge is -2.30. The molecule has 6 nitrogen and oxygen atoms in total. The van der Waals surface area contributed by atoms with E-state index in [9.17, 15) is 4.79 Å². The summed E-state index contributed by atoms with van der Waals surface area (Å²) >= 11 is 0. The van der Waals surface area contributed by atoms with Gasteiger partial charge >= 0.3 is 0 Å². The minimum atomic E-state index is 0.207. The predicted octanol–water partition coefficient (Wildman–Crippen LogP) is 2.14. The summed E-state index contributed by atoms with van der Waals surface area (Å²) in [6.07, 6.45) is 5.13. The molecule has 5 rings (SSSR count). The minimum Gasteiger partial charge on any atom is -0.337 e. The highest BCUT2D eigenvalue weighted by molar-refractivity contribution is 5.78. The molecule has 1 fully saturated rings. The molecule has 0 N–H and O–H groups in total. The van der Waals surface area contributed by atoms with Crippen LogP contribution in [0, 0.1) is 0 Å². The number of likely N-dealkylation sites (tertiary alicyclic amines) is 1. The van der Waals surface area contributed by atoms with E-state index in [1.165, 1.54) is 17.5 Å². The van der Waals surface area contributed by atoms with Crippen LogP contribution in [0.2, 0.25) is 0 Å². The van der Waals surface area contributed by atoms with Crippen molar-refractivity contribution in [3.8, 4) is 0 Å². The standard InChI is InChI=1S/C22H27N5O/c1-25-9-4-7-20(25)22-23-11-18-14-27(10-8-19(18)24-22)21(28)15-26-12-16-5-2-3-6-17(16)13-26/h2-3,5-6,11,20H,4,7-10,12-15H2,1H3/t20-/m1/s1. The monoisotopic (exact) mass is 377 g/mol. The number of hydrogen-bond acceptors (Lipinski definition) is 5. The second-order valence-corrected chi connectivity index (χ2v) is 8.32. The first kappa shape index (κ1) is 17.8. The van der Waals surface area contributed by atoms with Gasteiger partial charge in [-0.15, -0.1) is 0 Å². The summed E-state index contributed by atoms with van der Waals surface area (Å²) in [6, 6.07) is 8.82. The predicted molar refractivity (Wildman–Crippen MR) is 106 cm³/mol. The molecule has 1 amide bonds. The normalized spacial score (nSPS) is 22.3. The van der Waals surface area contributed by atoms with Gasteiger partial charge in [0.25, 0.3) is 0 Å². The lowest BCUT2D eigenvalue weighted by molar-refractivity contribution is -0.133. The van der Waals surface area contributed by atoms with E-state index in [0.717, 1.165) is 56.1 Å². The highest BCUT2D eigenvalue weighted by atomic mass is 16.2. The van der Waals surface area contributed by atoms with Crippen LogP contribution in [0.15, 0.2) is 30.5 Å². The van der Waals surface area contributed by atoms with Gasteiger partial charge in [0.1, 0.15) is 5.82 Å². The first-order valence-corrected chi connectivity index (χ1v) is 10.3. The van der Waals surface area contributed by atoms with Crippen molar-refractivity contribution in [3.63, 3.8) is 0 Å². The second-order valence-electron chi connectivity index (χ2n) is 8.32. The van der Waals surface area contributed by atoms with Crippen molar-refractivity contribution in [1.82, 2.24) is 24.7 Å². The zero-order valence-corrected chi connectivity index (χ0v) is 16.5. The molecule has 28 heavy (non-hydrogen) atoms. The molecule has 6 heteroatoms. The summed E-state index contributed by atoms with van der Waals surface area (Å²) in [4.78, 5) is 28.9. The van der Waals surface area contributed by atoms with Crippen LogP contribution in [0.4, 0.5) is 0 Å². The lowest BCUT2D eigenvalue weighted by Crippen LogP contribution is -2.41. The van der Waals surface area contributed by atoms with Crippen LogP contribution in [0.5, 0.6) is 0 Å². The molecule has 3 aliphatic heterocycles. The van der Waals surface area contributed by atoms with Crippen molar-refractivity contribution in [3.05, 3.63) is 58.7 Å². The van der Waals surface area contributed by atoms with Crippen LogP contribution >= 0.6 is 0 Å². The average molecular weight is 377 g/mol. The lowest BCUT2D eigenvalue weighted by atomic mass is 10.1. The zero-order chi connectivity index (χ0) is 19.1. The molecule has 2 aromatic rings. The fourth-order valence-corrected chi connectivity index (χ4v) is 4.75. The van der Waals surface area contributed by atoms with Gasteiger partial charge in [0.15, 0.2) is 0 Å². The van der Waals surface area contributed by atoms with E-state index >= 15 is 0 Å². The molecule has 0 radical (unpaired) electrons. The number of carbonyl (C=O) groups excluding carboxylic acids is 1. The number of aromatic nitrogens is 2. The maximum absolute atomic E-state index is 12.9. The third kappa shape index (κ3) is 3.31. The number of amides is 1. The molecule has 0 saturated carbocycles. The van der Waals surface area contributed by atoms with E-state index in [1.54, 1.807) is 0 Å². The number of fused-ring (bicyclic) bond motifs is 2. The third-order valence-electron chi connectivity index (χ3n) is 6.39. The summed E-state index contributed by atoms with van der Waals surface area (Å²) in [5.41, 5.74) is 4.92. The zero-order valence-electron chi connectivity index (χ0n) is 16.5. The Morgan fingerprint density at radius 1 is 1.11 bits per heavy atom. The van der Waals surface area contributed by atoms with Crippen LogP contribution in [0.25, 0.3) is 0 Å². The number of nitrogens with zero attached hydrogens (tertiary/aromatic N) is 5. The van der Waals surface area contributed by atoms with Crippen molar-refractivity contribution < 1.29 is 4.79 Å². The highest BCUT2D eigenvalue weighted by Gasteiger charge is 2.29. The molecule has 0 unspecified atom stereocenters. The highest BCUT2D eigenvalue weighted by Crippen LogP contribution is 2.29. The molecular formula is C22H27N5O. The maximum atomic E-state index is 12.9. The molecule has 1 aromatic carbocycles. The van der Waals surface area contributed by atoms with Crippen LogP contribution in [-0.2, 0) is 30.8 Å². The molecule has 4 heterocycles. The SMILES string of the molecule is CN1CCC[C@@H]1c1ncc2c(n1)CCN(C(=O)CN1Cc3ccccc3C1)C2. The minimum absolute atomic E-state index is 0.207. The van der Waals surface area contributed by atoms with Crippen molar-refractivity contribution in [2.24, 2.45) is 0 Å². The van der Waals surface area contributed by atoms with Gasteiger partial charge in [-0.25, -0.2) is 9.97 Å². The molecule has 1 atom stereocenters. The second kappa shape index (κ2) is 7.26. The van der Waals surface area contributed by atoms with Crippen LogP contribution in [0.1, 0.15) is 47.1 Å². The fraction of sp³-hybridized carbons (Fsp3) is 0.500. The Labute approximate surface area is 166 Å². The van der Waals surface area contributed by atoms with Crippen LogP contribution in [-0.4, -0.2) is 57.3 Å². The Kier molecular flexibility index (Phi) is 4.61. The summed E-state index contributed by atoms with van der Waals surface area (Å²) in [5, 5.41) is 0. The van der Waals surface area contributed by atoms with Gasteiger partial charge in [0.2, 0.25) is 5.91 Å². The average Bonchev–Trinajstić information content (AvgIpc) is 3.32. The van der Waals surface area contributed by atoms with Gasteiger partial charge in [-0.1, -0.05) is 24.3 Å². The summed E-state index contributed by atoms with van der Waals surface area (Å²) < 4.78 is 0. The van der Waals surface area contributed by atoms with Crippen molar-refractivity contribution in [1.29, 1.82) is 0 Å². The topological polar surface area (TPSA) is 52.6 Å². The van der Waals surface area contributed by atoms with Gasteiger partial charge in [0.05, 0.1) is 18.3 Å². The summed E-state index contributed by atoms with van der Waals surface area (Å²) in [7, 11) is 2.15. The quantitative estimate of drug-likeness (QED) is 0.820. The van der Waals surface area contributed by atoms with E-state index in [2.05, 4.69) is 46.1 Å². The van der Waals surface area contributed by atoms with Crippen molar-refractivity contribution in [2.75, 3.05) is 26.7 Å². The van der Waals surface area contributed by atoms with Crippen molar-refractivity contribution in [2.45, 2.75) is 44.9 Å². The summed E-state index contributed by atoms with van der Waals surface area (Å²) in [5.74, 6) is 1.16. The molecule has 0 aliphatic carbocycles. The molecule has 146 valence electrons. The summed E-state index contributed by atoms with van der Waals surface area (Å²) in [6.45, 7) is 4.73. The van der Waals surface area contributed by atoms with E-state index in [1.807, 2.05) is 11.1 Å². The van der Waals surface area contributed by atoms with Crippen LogP contribution < -0.4 is 0 Å². The Hall–Kier alpha value is -2.31. The Bertz CT molecular complexity index is 873. The number of rotatable bonds is 3. The van der Waals surface area contributed by atoms with Crippen molar-refractivity contribution >= 4 is 5.91 Å². The van der Waals surface area contributed by atoms with E-state index in [-0.39, 0.29) is 5.91 Å². The third-order valence-corrected chi connectivity index (χ3v) is 6.39. The first-order chi connectivity index (χ1) is 13.7.